The first-order valence-electron chi connectivity index (χ1n) is 7.66. The topological polar surface area (TPSA) is 41.4 Å². The van der Waals surface area contributed by atoms with Crippen LogP contribution in [0, 0.1) is 0 Å². The highest BCUT2D eigenvalue weighted by Crippen LogP contribution is 2.26. The number of rotatable bonds is 3. The second kappa shape index (κ2) is 6.32. The summed E-state index contributed by atoms with van der Waals surface area (Å²) >= 11 is 0. The van der Waals surface area contributed by atoms with E-state index >= 15 is 0 Å². The van der Waals surface area contributed by atoms with Crippen LogP contribution in [0.2, 0.25) is 0 Å². The molecule has 1 amide bonds. The van der Waals surface area contributed by atoms with Gasteiger partial charge in [0.1, 0.15) is 0 Å². The van der Waals surface area contributed by atoms with Crippen molar-refractivity contribution in [3.05, 3.63) is 53.9 Å². The Balaban J connectivity index is 1.82. The molecule has 0 bridgehead atoms. The first-order valence-corrected chi connectivity index (χ1v) is 7.66. The maximum atomic E-state index is 11.7. The van der Waals surface area contributed by atoms with Crippen molar-refractivity contribution < 1.29 is 4.79 Å². The smallest absolute Gasteiger partial charge is 0.219 e. The van der Waals surface area contributed by atoms with Gasteiger partial charge in [-0.3, -0.25) is 14.4 Å². The van der Waals surface area contributed by atoms with E-state index in [4.69, 9.17) is 0 Å². The number of aryl methyl sites for hydroxylation is 1. The fourth-order valence-corrected chi connectivity index (χ4v) is 3.04. The molecule has 1 aromatic heterocycles. The second-order valence-corrected chi connectivity index (χ2v) is 5.84. The van der Waals surface area contributed by atoms with Crippen LogP contribution in [0.1, 0.15) is 24.2 Å². The fourth-order valence-electron chi connectivity index (χ4n) is 3.04. The van der Waals surface area contributed by atoms with Crippen LogP contribution in [0.3, 0.4) is 0 Å². The molecule has 1 fully saturated rings. The van der Waals surface area contributed by atoms with Gasteiger partial charge in [0.25, 0.3) is 0 Å². The standard InChI is InChI=1S/C17H22N4O/c1-14(22)20-10-11-21(12-16-8-9-19(2)18-16)17(13-20)15-6-4-3-5-7-15/h3-9,17H,10-13H2,1-2H3. The SMILES string of the molecule is CC(=O)N1CCN(Cc2ccn(C)n2)C(c2ccccc2)C1. The molecule has 0 saturated carbocycles. The summed E-state index contributed by atoms with van der Waals surface area (Å²) in [4.78, 5) is 16.1. The normalized spacial score (nSPS) is 19.4. The van der Waals surface area contributed by atoms with Gasteiger partial charge in [-0.2, -0.15) is 5.10 Å². The molecular weight excluding hydrogens is 276 g/mol. The predicted octanol–water partition coefficient (Wildman–Crippen LogP) is 1.83. The van der Waals surface area contributed by atoms with E-state index in [1.807, 2.05) is 28.9 Å². The molecule has 1 aliphatic heterocycles. The van der Waals surface area contributed by atoms with E-state index < -0.39 is 0 Å². The minimum atomic E-state index is 0.151. The molecule has 22 heavy (non-hydrogen) atoms. The van der Waals surface area contributed by atoms with Crippen LogP contribution in [0.15, 0.2) is 42.6 Å². The zero-order valence-electron chi connectivity index (χ0n) is 13.1. The maximum Gasteiger partial charge on any atom is 0.219 e. The highest BCUT2D eigenvalue weighted by Gasteiger charge is 2.29. The Morgan fingerprint density at radius 2 is 2.00 bits per heavy atom. The quantitative estimate of drug-likeness (QED) is 0.868. The average Bonchev–Trinajstić information content (AvgIpc) is 2.93. The molecule has 0 N–H and O–H groups in total. The van der Waals surface area contributed by atoms with Gasteiger partial charge in [0, 0.05) is 46.3 Å². The molecule has 0 spiro atoms. The number of piperazine rings is 1. The third-order valence-corrected chi connectivity index (χ3v) is 4.25. The van der Waals surface area contributed by atoms with Gasteiger partial charge >= 0.3 is 0 Å². The molecule has 5 heteroatoms. The average molecular weight is 298 g/mol. The number of nitrogens with zero attached hydrogens (tertiary/aromatic N) is 4. The molecule has 1 unspecified atom stereocenters. The summed E-state index contributed by atoms with van der Waals surface area (Å²) in [6.45, 7) is 4.86. The fraction of sp³-hybridized carbons (Fsp3) is 0.412. The second-order valence-electron chi connectivity index (χ2n) is 5.84. The van der Waals surface area contributed by atoms with Gasteiger partial charge < -0.3 is 4.90 Å². The summed E-state index contributed by atoms with van der Waals surface area (Å²) in [7, 11) is 1.94. The van der Waals surface area contributed by atoms with Gasteiger partial charge in [0.2, 0.25) is 5.91 Å². The molecule has 1 atom stereocenters. The Kier molecular flexibility index (Phi) is 4.24. The number of carbonyl (C=O) groups excluding carboxylic acids is 1. The van der Waals surface area contributed by atoms with E-state index in [0.29, 0.717) is 0 Å². The van der Waals surface area contributed by atoms with E-state index in [0.717, 1.165) is 31.9 Å². The summed E-state index contributed by atoms with van der Waals surface area (Å²) in [6.07, 6.45) is 1.97. The van der Waals surface area contributed by atoms with Crippen molar-refractivity contribution in [2.45, 2.75) is 19.5 Å². The maximum absolute atomic E-state index is 11.7. The van der Waals surface area contributed by atoms with Gasteiger partial charge in [-0.25, -0.2) is 0 Å². The van der Waals surface area contributed by atoms with E-state index in [9.17, 15) is 4.79 Å². The molecule has 1 saturated heterocycles. The van der Waals surface area contributed by atoms with Crippen LogP contribution in [0.25, 0.3) is 0 Å². The zero-order chi connectivity index (χ0) is 15.5. The number of carbonyl (C=O) groups is 1. The molecule has 116 valence electrons. The first-order chi connectivity index (χ1) is 10.6. The molecule has 2 aromatic rings. The van der Waals surface area contributed by atoms with Gasteiger partial charge in [-0.15, -0.1) is 0 Å². The molecular formula is C17H22N4O. The van der Waals surface area contributed by atoms with Crippen LogP contribution >= 0.6 is 0 Å². The Hall–Kier alpha value is -2.14. The van der Waals surface area contributed by atoms with E-state index in [1.54, 1.807) is 6.92 Å². The third kappa shape index (κ3) is 3.20. The van der Waals surface area contributed by atoms with Crippen LogP contribution in [0.5, 0.6) is 0 Å². The molecule has 1 aromatic carbocycles. The Morgan fingerprint density at radius 1 is 1.23 bits per heavy atom. The number of amides is 1. The van der Waals surface area contributed by atoms with Gasteiger partial charge in [0.15, 0.2) is 0 Å². The summed E-state index contributed by atoms with van der Waals surface area (Å²) in [5.74, 6) is 0.151. The summed E-state index contributed by atoms with van der Waals surface area (Å²) in [5.41, 5.74) is 2.32. The van der Waals surface area contributed by atoms with Crippen LogP contribution in [-0.2, 0) is 18.4 Å². The molecule has 2 heterocycles. The van der Waals surface area contributed by atoms with E-state index in [2.05, 4.69) is 40.3 Å². The lowest BCUT2D eigenvalue weighted by Crippen LogP contribution is -2.49. The summed E-state index contributed by atoms with van der Waals surface area (Å²) in [6, 6.07) is 12.7. The molecule has 0 aliphatic carbocycles. The lowest BCUT2D eigenvalue weighted by molar-refractivity contribution is -0.132. The van der Waals surface area contributed by atoms with Crippen molar-refractivity contribution in [2.24, 2.45) is 7.05 Å². The lowest BCUT2D eigenvalue weighted by atomic mass is 10.0. The molecule has 1 aliphatic rings. The number of aromatic nitrogens is 2. The first kappa shape index (κ1) is 14.8. The van der Waals surface area contributed by atoms with Crippen molar-refractivity contribution in [3.8, 4) is 0 Å². The van der Waals surface area contributed by atoms with Crippen molar-refractivity contribution in [2.75, 3.05) is 19.6 Å². The largest absolute Gasteiger partial charge is 0.340 e. The number of benzene rings is 1. The van der Waals surface area contributed by atoms with Crippen LogP contribution in [-0.4, -0.2) is 45.1 Å². The van der Waals surface area contributed by atoms with Crippen LogP contribution < -0.4 is 0 Å². The summed E-state index contributed by atoms with van der Waals surface area (Å²) < 4.78 is 1.83. The minimum absolute atomic E-state index is 0.151. The number of hydrogen-bond acceptors (Lipinski definition) is 3. The Morgan fingerprint density at radius 3 is 2.64 bits per heavy atom. The monoisotopic (exact) mass is 298 g/mol. The predicted molar refractivity (Wildman–Crippen MR) is 85.1 cm³/mol. The Bertz CT molecular complexity index is 637. The van der Waals surface area contributed by atoms with Crippen molar-refractivity contribution in [3.63, 3.8) is 0 Å². The van der Waals surface area contributed by atoms with Gasteiger partial charge in [-0.1, -0.05) is 30.3 Å². The third-order valence-electron chi connectivity index (χ3n) is 4.25. The van der Waals surface area contributed by atoms with Crippen molar-refractivity contribution in [1.82, 2.24) is 19.6 Å². The highest BCUT2D eigenvalue weighted by molar-refractivity contribution is 5.73. The van der Waals surface area contributed by atoms with Crippen molar-refractivity contribution in [1.29, 1.82) is 0 Å². The van der Waals surface area contributed by atoms with Crippen molar-refractivity contribution >= 4 is 5.91 Å². The zero-order valence-corrected chi connectivity index (χ0v) is 13.1. The minimum Gasteiger partial charge on any atom is -0.340 e. The van der Waals surface area contributed by atoms with Gasteiger partial charge in [-0.05, 0) is 11.6 Å². The van der Waals surface area contributed by atoms with E-state index in [1.165, 1.54) is 5.56 Å². The molecule has 0 radical (unpaired) electrons. The molecule has 5 nitrogen and oxygen atoms in total. The van der Waals surface area contributed by atoms with Gasteiger partial charge in [0.05, 0.1) is 11.7 Å². The number of hydrogen-bond donors (Lipinski definition) is 0. The van der Waals surface area contributed by atoms with E-state index in [-0.39, 0.29) is 11.9 Å². The summed E-state index contributed by atoms with van der Waals surface area (Å²) in [5, 5.41) is 4.48. The van der Waals surface area contributed by atoms with Crippen LogP contribution in [0.4, 0.5) is 0 Å². The lowest BCUT2D eigenvalue weighted by Gasteiger charge is -2.41. The highest BCUT2D eigenvalue weighted by atomic mass is 16.2. The molecule has 3 rings (SSSR count). The Labute approximate surface area is 131 Å².